The van der Waals surface area contributed by atoms with Gasteiger partial charge >= 0.3 is 5.97 Å². The standard InChI is InChI=1S/C47H42Cl2N4O8/c1-25-26(2)50-17-16-36(25)30-10-8-29(9-11-30)18-38(47(56)57)52-45(54)39-19-33-20-40-41(21-34(33)22-53(39)46(55)44-27(3)60-28(4)51-44)61-42(24-59-40)31-12-14-35(15-13-31)58-23-32-6-5-7-37(48)43(32)49/h5-17,20-21,38-39,42H,18-19,22-24H2,1-4H3,(H,52,54)(H,56,57)/t38?,39-,42+/m0/s1. The lowest BCUT2D eigenvalue weighted by Crippen LogP contribution is -2.56. The molecule has 3 atom stereocenters. The van der Waals surface area contributed by atoms with Gasteiger partial charge in [0.1, 0.15) is 36.8 Å². The molecule has 61 heavy (non-hydrogen) atoms. The van der Waals surface area contributed by atoms with E-state index in [2.05, 4.69) is 15.3 Å². The number of halogens is 2. The van der Waals surface area contributed by atoms with Gasteiger partial charge in [-0.15, -0.1) is 0 Å². The molecule has 2 aliphatic rings. The molecule has 0 saturated carbocycles. The molecular formula is C47H42Cl2N4O8. The number of aliphatic carboxylic acids is 1. The van der Waals surface area contributed by atoms with Crippen molar-refractivity contribution in [3.05, 3.63) is 158 Å². The summed E-state index contributed by atoms with van der Waals surface area (Å²) in [6.45, 7) is 7.74. The quantitative estimate of drug-likeness (QED) is 0.129. The maximum absolute atomic E-state index is 14.2. The highest BCUT2D eigenvalue weighted by Crippen LogP contribution is 2.41. The van der Waals surface area contributed by atoms with Gasteiger partial charge in [0.25, 0.3) is 5.91 Å². The van der Waals surface area contributed by atoms with Gasteiger partial charge in [-0.25, -0.2) is 9.78 Å². The Kier molecular flexibility index (Phi) is 11.7. The number of hydrogen-bond donors (Lipinski definition) is 2. The van der Waals surface area contributed by atoms with Crippen molar-refractivity contribution in [2.24, 2.45) is 0 Å². The number of fused-ring (bicyclic) bond motifs is 2. The minimum absolute atomic E-state index is 0.0225. The average molecular weight is 862 g/mol. The molecule has 0 fully saturated rings. The molecule has 2 N–H and O–H groups in total. The van der Waals surface area contributed by atoms with Crippen molar-refractivity contribution in [3.63, 3.8) is 0 Å². The van der Waals surface area contributed by atoms with Gasteiger partial charge in [-0.1, -0.05) is 71.7 Å². The zero-order valence-corrected chi connectivity index (χ0v) is 35.3. The fraction of sp³-hybridized carbons (Fsp3) is 0.255. The van der Waals surface area contributed by atoms with Crippen LogP contribution in [0.1, 0.15) is 67.3 Å². The monoisotopic (exact) mass is 860 g/mol. The predicted octanol–water partition coefficient (Wildman–Crippen LogP) is 8.75. The van der Waals surface area contributed by atoms with Crippen LogP contribution in [0.5, 0.6) is 17.2 Å². The summed E-state index contributed by atoms with van der Waals surface area (Å²) < 4.78 is 24.2. The average Bonchev–Trinajstić information content (AvgIpc) is 3.60. The van der Waals surface area contributed by atoms with E-state index in [1.54, 1.807) is 26.1 Å². The fourth-order valence-electron chi connectivity index (χ4n) is 7.70. The Labute approximate surface area is 362 Å². The fourth-order valence-corrected chi connectivity index (χ4v) is 8.08. The minimum atomic E-state index is -1.27. The van der Waals surface area contributed by atoms with Crippen LogP contribution in [-0.4, -0.2) is 56.4 Å². The number of pyridine rings is 1. The second-order valence-corrected chi connectivity index (χ2v) is 16.0. The van der Waals surface area contributed by atoms with Crippen LogP contribution >= 0.6 is 23.2 Å². The molecule has 2 aliphatic heterocycles. The van der Waals surface area contributed by atoms with E-state index in [9.17, 15) is 19.5 Å². The van der Waals surface area contributed by atoms with Crippen molar-refractivity contribution in [1.29, 1.82) is 0 Å². The predicted molar refractivity (Wildman–Crippen MR) is 228 cm³/mol. The Balaban J connectivity index is 0.996. The highest BCUT2D eigenvalue weighted by Gasteiger charge is 2.39. The lowest BCUT2D eigenvalue weighted by Gasteiger charge is -2.37. The van der Waals surface area contributed by atoms with E-state index in [0.717, 1.165) is 50.2 Å². The molecule has 2 aromatic heterocycles. The number of ether oxygens (including phenoxy) is 3. The summed E-state index contributed by atoms with van der Waals surface area (Å²) in [7, 11) is 0. The Bertz CT molecular complexity index is 2650. The zero-order valence-electron chi connectivity index (χ0n) is 33.8. The summed E-state index contributed by atoms with van der Waals surface area (Å²) in [5, 5.41) is 13.9. The van der Waals surface area contributed by atoms with Crippen LogP contribution in [-0.2, 0) is 35.6 Å². The maximum atomic E-state index is 14.2. The van der Waals surface area contributed by atoms with Crippen LogP contribution in [0.3, 0.4) is 0 Å². The summed E-state index contributed by atoms with van der Waals surface area (Å²) in [5.41, 5.74) is 7.95. The number of hydrogen-bond acceptors (Lipinski definition) is 9. The van der Waals surface area contributed by atoms with Crippen LogP contribution in [0.25, 0.3) is 11.1 Å². The number of carbonyl (C=O) groups is 3. The number of carboxylic acid groups (broad SMARTS) is 1. The lowest BCUT2D eigenvalue weighted by molar-refractivity contribution is -0.142. The second kappa shape index (κ2) is 17.3. The number of oxazole rings is 1. The minimum Gasteiger partial charge on any atom is -0.489 e. The summed E-state index contributed by atoms with van der Waals surface area (Å²) in [5.74, 6) is -0.0811. The first-order valence-electron chi connectivity index (χ1n) is 19.7. The van der Waals surface area contributed by atoms with Crippen LogP contribution in [0, 0.1) is 27.7 Å². The molecule has 8 rings (SSSR count). The molecule has 0 aliphatic carbocycles. The number of carboxylic acids is 1. The van der Waals surface area contributed by atoms with E-state index < -0.39 is 36.0 Å². The molecule has 4 aromatic carbocycles. The molecule has 2 amide bonds. The summed E-state index contributed by atoms with van der Waals surface area (Å²) in [6.07, 6.45) is 1.45. The number of aromatic nitrogens is 2. The number of rotatable bonds is 11. The maximum Gasteiger partial charge on any atom is 0.326 e. The molecule has 0 spiro atoms. The van der Waals surface area contributed by atoms with Gasteiger partial charge in [-0.05, 0) is 96.1 Å². The molecule has 0 bridgehead atoms. The first-order chi connectivity index (χ1) is 29.3. The normalized spacial score (nSPS) is 16.1. The number of nitrogens with zero attached hydrogens (tertiary/aromatic N) is 3. The topological polar surface area (TPSA) is 153 Å². The van der Waals surface area contributed by atoms with Gasteiger partial charge in [0.15, 0.2) is 29.2 Å². The van der Waals surface area contributed by atoms with Crippen molar-refractivity contribution in [2.75, 3.05) is 6.61 Å². The van der Waals surface area contributed by atoms with Gasteiger partial charge < -0.3 is 34.0 Å². The zero-order chi connectivity index (χ0) is 42.9. The number of nitrogens with one attached hydrogen (secondary N) is 1. The van der Waals surface area contributed by atoms with Gasteiger partial charge in [0.2, 0.25) is 5.91 Å². The summed E-state index contributed by atoms with van der Waals surface area (Å²) >= 11 is 12.5. The molecule has 1 unspecified atom stereocenters. The number of carbonyl (C=O) groups excluding carboxylic acids is 2. The van der Waals surface area contributed by atoms with Crippen LogP contribution in [0.2, 0.25) is 10.0 Å². The highest BCUT2D eigenvalue weighted by molar-refractivity contribution is 6.42. The van der Waals surface area contributed by atoms with E-state index in [4.69, 9.17) is 41.8 Å². The van der Waals surface area contributed by atoms with Crippen molar-refractivity contribution >= 4 is 41.0 Å². The Morgan fingerprint density at radius 1 is 0.951 bits per heavy atom. The summed E-state index contributed by atoms with van der Waals surface area (Å²) in [6, 6.07) is 23.7. The lowest BCUT2D eigenvalue weighted by atomic mass is 9.91. The third kappa shape index (κ3) is 8.78. The van der Waals surface area contributed by atoms with Gasteiger partial charge in [-0.3, -0.25) is 14.6 Å². The molecular weight excluding hydrogens is 819 g/mol. The molecule has 0 radical (unpaired) electrons. The Hall–Kier alpha value is -6.37. The van der Waals surface area contributed by atoms with E-state index in [1.807, 2.05) is 92.7 Å². The van der Waals surface area contributed by atoms with E-state index in [1.165, 1.54) is 4.90 Å². The van der Waals surface area contributed by atoms with Crippen molar-refractivity contribution in [1.82, 2.24) is 20.2 Å². The first kappa shape index (κ1) is 41.4. The number of benzene rings is 4. The van der Waals surface area contributed by atoms with E-state index >= 15 is 0 Å². The third-order valence-electron chi connectivity index (χ3n) is 11.2. The molecule has 4 heterocycles. The SMILES string of the molecule is Cc1nc(C(=O)N2Cc3cc4c(cc3C[C@H]2C(=O)NC(Cc2ccc(-c3ccnc(C)c3C)cc2)C(=O)O)OC[C@H](c2ccc(OCc3cccc(Cl)c3Cl)cc2)O4)c(C)o1. The van der Waals surface area contributed by atoms with Gasteiger partial charge in [-0.2, -0.15) is 0 Å². The molecule has 312 valence electrons. The molecule has 6 aromatic rings. The third-order valence-corrected chi connectivity index (χ3v) is 12.0. The van der Waals surface area contributed by atoms with E-state index in [-0.39, 0.29) is 38.3 Å². The van der Waals surface area contributed by atoms with Crippen LogP contribution in [0.15, 0.2) is 95.5 Å². The van der Waals surface area contributed by atoms with Crippen molar-refractivity contribution < 1.29 is 38.1 Å². The highest BCUT2D eigenvalue weighted by atomic mass is 35.5. The number of amides is 2. The smallest absolute Gasteiger partial charge is 0.326 e. The molecule has 0 saturated heterocycles. The Morgan fingerprint density at radius 3 is 2.43 bits per heavy atom. The van der Waals surface area contributed by atoms with Crippen LogP contribution < -0.4 is 19.5 Å². The van der Waals surface area contributed by atoms with Crippen molar-refractivity contribution in [2.45, 2.75) is 71.9 Å². The van der Waals surface area contributed by atoms with E-state index in [0.29, 0.717) is 38.9 Å². The van der Waals surface area contributed by atoms with Gasteiger partial charge in [0.05, 0.1) is 10.0 Å². The molecule has 12 nitrogen and oxygen atoms in total. The summed E-state index contributed by atoms with van der Waals surface area (Å²) in [4.78, 5) is 51.1. The van der Waals surface area contributed by atoms with Crippen molar-refractivity contribution in [3.8, 4) is 28.4 Å². The largest absolute Gasteiger partial charge is 0.489 e. The number of aryl methyl sites for hydroxylation is 3. The van der Waals surface area contributed by atoms with Crippen LogP contribution in [0.4, 0.5) is 0 Å². The Morgan fingerprint density at radius 2 is 1.70 bits per heavy atom. The molecule has 14 heteroatoms. The first-order valence-corrected chi connectivity index (χ1v) is 20.5. The van der Waals surface area contributed by atoms with Gasteiger partial charge in [0, 0.05) is 43.8 Å². The second-order valence-electron chi connectivity index (χ2n) is 15.2.